The fourth-order valence-electron chi connectivity index (χ4n) is 5.33. The molecule has 4 rings (SSSR count). The molecule has 154 valence electrons. The summed E-state index contributed by atoms with van der Waals surface area (Å²) in [6.45, 7) is 7.08. The second kappa shape index (κ2) is 8.83. The summed E-state index contributed by atoms with van der Waals surface area (Å²) in [4.78, 5) is 17.8. The van der Waals surface area contributed by atoms with Crippen molar-refractivity contribution in [1.82, 2.24) is 10.2 Å². The van der Waals surface area contributed by atoms with Crippen molar-refractivity contribution < 1.29 is 9.53 Å². The number of anilines is 1. The van der Waals surface area contributed by atoms with E-state index >= 15 is 0 Å². The number of benzene rings is 1. The molecule has 2 fully saturated rings. The molecule has 0 radical (unpaired) electrons. The number of rotatable bonds is 5. The van der Waals surface area contributed by atoms with Gasteiger partial charge in [-0.15, -0.1) is 0 Å². The van der Waals surface area contributed by atoms with E-state index < -0.39 is 0 Å². The smallest absolute Gasteiger partial charge is 0.239 e. The molecular formula is C23H35N3O2. The zero-order valence-corrected chi connectivity index (χ0v) is 17.3. The van der Waals surface area contributed by atoms with Crippen molar-refractivity contribution >= 4 is 11.6 Å². The van der Waals surface area contributed by atoms with E-state index in [0.29, 0.717) is 12.6 Å². The van der Waals surface area contributed by atoms with Crippen LogP contribution in [0.25, 0.3) is 0 Å². The number of nitrogens with one attached hydrogen (secondary N) is 1. The Balaban J connectivity index is 1.40. The van der Waals surface area contributed by atoms with Crippen LogP contribution in [-0.4, -0.2) is 61.8 Å². The highest BCUT2D eigenvalue weighted by Gasteiger charge is 2.39. The monoisotopic (exact) mass is 385 g/mol. The van der Waals surface area contributed by atoms with Crippen molar-refractivity contribution in [3.05, 3.63) is 29.8 Å². The number of hydrogen-bond acceptors (Lipinski definition) is 4. The van der Waals surface area contributed by atoms with Gasteiger partial charge in [-0.3, -0.25) is 9.69 Å². The van der Waals surface area contributed by atoms with Crippen LogP contribution in [0.2, 0.25) is 0 Å². The van der Waals surface area contributed by atoms with E-state index in [4.69, 9.17) is 4.74 Å². The number of carbonyl (C=O) groups is 1. The lowest BCUT2D eigenvalue weighted by Crippen LogP contribution is -2.60. The molecule has 1 aliphatic carbocycles. The van der Waals surface area contributed by atoms with Gasteiger partial charge in [0.25, 0.3) is 0 Å². The first kappa shape index (κ1) is 19.7. The van der Waals surface area contributed by atoms with E-state index in [0.717, 1.165) is 45.7 Å². The maximum Gasteiger partial charge on any atom is 0.239 e. The Morgan fingerprint density at radius 3 is 2.71 bits per heavy atom. The van der Waals surface area contributed by atoms with E-state index in [1.165, 1.54) is 43.4 Å². The number of carbonyl (C=O) groups excluding carboxylic acids is 1. The van der Waals surface area contributed by atoms with Gasteiger partial charge in [-0.1, -0.05) is 37.5 Å². The largest absolute Gasteiger partial charge is 0.379 e. The molecule has 1 N–H and O–H groups in total. The van der Waals surface area contributed by atoms with Gasteiger partial charge in [-0.25, -0.2) is 0 Å². The average Bonchev–Trinajstić information content (AvgIpc) is 2.76. The van der Waals surface area contributed by atoms with Gasteiger partial charge >= 0.3 is 0 Å². The summed E-state index contributed by atoms with van der Waals surface area (Å²) in [6.07, 6.45) is 8.46. The minimum Gasteiger partial charge on any atom is -0.379 e. The molecule has 0 spiro atoms. The fourth-order valence-corrected chi connectivity index (χ4v) is 5.33. The van der Waals surface area contributed by atoms with E-state index in [-0.39, 0.29) is 11.4 Å². The van der Waals surface area contributed by atoms with Crippen molar-refractivity contribution in [2.75, 3.05) is 44.3 Å². The first-order chi connectivity index (χ1) is 13.7. The number of ether oxygens (including phenoxy) is 1. The highest BCUT2D eigenvalue weighted by Crippen LogP contribution is 2.34. The number of para-hydroxylation sites is 1. The van der Waals surface area contributed by atoms with Gasteiger partial charge in [0.15, 0.2) is 0 Å². The molecule has 1 atom stereocenters. The summed E-state index contributed by atoms with van der Waals surface area (Å²) in [5.74, 6) is 0.154. The fraction of sp³-hybridized carbons (Fsp3) is 0.696. The number of aryl methyl sites for hydroxylation is 1. The topological polar surface area (TPSA) is 44.8 Å². The SMILES string of the molecule is CC1CCc2ccccc2N1CC(=O)NCC1(N2CCOCC2)CCCCC1. The van der Waals surface area contributed by atoms with Crippen molar-refractivity contribution in [2.24, 2.45) is 0 Å². The number of nitrogens with zero attached hydrogens (tertiary/aromatic N) is 2. The second-order valence-electron chi connectivity index (χ2n) is 8.81. The molecule has 1 amide bonds. The van der Waals surface area contributed by atoms with Gasteiger partial charge < -0.3 is 15.0 Å². The van der Waals surface area contributed by atoms with E-state index in [2.05, 4.69) is 46.3 Å². The summed E-state index contributed by atoms with van der Waals surface area (Å²) in [7, 11) is 0. The molecule has 1 unspecified atom stereocenters. The summed E-state index contributed by atoms with van der Waals surface area (Å²) in [6, 6.07) is 8.94. The summed E-state index contributed by atoms with van der Waals surface area (Å²) < 4.78 is 5.57. The van der Waals surface area contributed by atoms with E-state index in [9.17, 15) is 4.79 Å². The molecule has 28 heavy (non-hydrogen) atoms. The zero-order valence-electron chi connectivity index (χ0n) is 17.3. The lowest BCUT2D eigenvalue weighted by molar-refractivity contribution is -0.121. The molecule has 2 heterocycles. The molecule has 0 aromatic heterocycles. The predicted molar refractivity (Wildman–Crippen MR) is 113 cm³/mol. The van der Waals surface area contributed by atoms with Crippen LogP contribution in [-0.2, 0) is 16.0 Å². The first-order valence-corrected chi connectivity index (χ1v) is 11.1. The molecule has 1 saturated heterocycles. The zero-order chi connectivity index (χ0) is 19.4. The molecule has 1 aromatic carbocycles. The summed E-state index contributed by atoms with van der Waals surface area (Å²) in [5, 5.41) is 3.33. The Morgan fingerprint density at radius 1 is 1.18 bits per heavy atom. The molecule has 0 bridgehead atoms. The van der Waals surface area contributed by atoms with Gasteiger partial charge in [0.1, 0.15) is 0 Å². The maximum atomic E-state index is 12.9. The summed E-state index contributed by atoms with van der Waals surface area (Å²) >= 11 is 0. The molecule has 5 nitrogen and oxygen atoms in total. The Kier molecular flexibility index (Phi) is 6.22. The van der Waals surface area contributed by atoms with Crippen molar-refractivity contribution in [1.29, 1.82) is 0 Å². The van der Waals surface area contributed by atoms with E-state index in [1.54, 1.807) is 0 Å². The highest BCUT2D eigenvalue weighted by molar-refractivity contribution is 5.82. The predicted octanol–water partition coefficient (Wildman–Crippen LogP) is 2.98. The van der Waals surface area contributed by atoms with Crippen molar-refractivity contribution in [3.63, 3.8) is 0 Å². The van der Waals surface area contributed by atoms with Gasteiger partial charge in [-0.2, -0.15) is 0 Å². The van der Waals surface area contributed by atoms with Crippen LogP contribution >= 0.6 is 0 Å². The third kappa shape index (κ3) is 4.20. The van der Waals surface area contributed by atoms with Gasteiger partial charge in [-0.05, 0) is 44.2 Å². The lowest BCUT2D eigenvalue weighted by Gasteiger charge is -2.48. The minimum absolute atomic E-state index is 0.128. The van der Waals surface area contributed by atoms with Crippen LogP contribution in [0.3, 0.4) is 0 Å². The lowest BCUT2D eigenvalue weighted by atomic mass is 9.79. The first-order valence-electron chi connectivity index (χ1n) is 11.1. The number of fused-ring (bicyclic) bond motifs is 1. The number of hydrogen-bond donors (Lipinski definition) is 1. The summed E-state index contributed by atoms with van der Waals surface area (Å²) in [5.41, 5.74) is 2.73. The van der Waals surface area contributed by atoms with Crippen LogP contribution in [0, 0.1) is 0 Å². The third-order valence-electron chi connectivity index (χ3n) is 7.06. The van der Waals surface area contributed by atoms with Crippen LogP contribution < -0.4 is 10.2 Å². The van der Waals surface area contributed by atoms with Crippen LogP contribution in [0.4, 0.5) is 5.69 Å². The highest BCUT2D eigenvalue weighted by atomic mass is 16.5. The molecule has 2 aliphatic heterocycles. The Bertz CT molecular complexity index is 666. The van der Waals surface area contributed by atoms with Crippen molar-refractivity contribution in [3.8, 4) is 0 Å². The number of amides is 1. The quantitative estimate of drug-likeness (QED) is 0.846. The maximum absolute atomic E-state index is 12.9. The minimum atomic E-state index is 0.128. The second-order valence-corrected chi connectivity index (χ2v) is 8.81. The molecular weight excluding hydrogens is 350 g/mol. The van der Waals surface area contributed by atoms with Gasteiger partial charge in [0, 0.05) is 36.9 Å². The van der Waals surface area contributed by atoms with Crippen LogP contribution in [0.1, 0.15) is 51.0 Å². The van der Waals surface area contributed by atoms with E-state index in [1.807, 2.05) is 0 Å². The van der Waals surface area contributed by atoms with Crippen molar-refractivity contribution in [2.45, 2.75) is 63.5 Å². The van der Waals surface area contributed by atoms with Crippen LogP contribution in [0.15, 0.2) is 24.3 Å². The average molecular weight is 386 g/mol. The Morgan fingerprint density at radius 2 is 1.93 bits per heavy atom. The Labute approximate surface area is 169 Å². The Hall–Kier alpha value is -1.59. The normalized spacial score (nSPS) is 25.2. The number of morpholine rings is 1. The molecule has 5 heteroatoms. The van der Waals surface area contributed by atoms with Gasteiger partial charge in [0.05, 0.1) is 19.8 Å². The molecule has 3 aliphatic rings. The van der Waals surface area contributed by atoms with Crippen LogP contribution in [0.5, 0.6) is 0 Å². The van der Waals surface area contributed by atoms with Gasteiger partial charge in [0.2, 0.25) is 5.91 Å². The standard InChI is InChI=1S/C23H35N3O2/c1-19-9-10-20-7-3-4-8-21(20)26(19)17-22(27)24-18-23(11-5-2-6-12-23)25-13-15-28-16-14-25/h3-4,7-8,19H,2,5-6,9-18H2,1H3,(H,24,27). The molecule has 1 aromatic rings. The molecule has 1 saturated carbocycles. The third-order valence-corrected chi connectivity index (χ3v) is 7.06.